The molecule has 1 fully saturated rings. The fourth-order valence-electron chi connectivity index (χ4n) is 3.89. The summed E-state index contributed by atoms with van der Waals surface area (Å²) in [5.41, 5.74) is 0.0780. The number of nitrogens with zero attached hydrogens (tertiary/aromatic N) is 2. The number of rotatable bonds is 10. The van der Waals surface area contributed by atoms with Gasteiger partial charge in [-0.2, -0.15) is 0 Å². The summed E-state index contributed by atoms with van der Waals surface area (Å²) in [6.07, 6.45) is 4.08. The van der Waals surface area contributed by atoms with E-state index < -0.39 is 5.54 Å². The van der Waals surface area contributed by atoms with Crippen LogP contribution < -0.4 is 21.3 Å². The first kappa shape index (κ1) is 26.6. The number of furan rings is 1. The zero-order chi connectivity index (χ0) is 26.1. The number of carbonyl (C=O) groups is 3. The SMILES string of the molecule is O=C(CSc1nccc(-c2ccco2)n1)NC1(C(=O)NCCNC(=O)c2ccc(Cl)cc2)CCNCC1. The van der Waals surface area contributed by atoms with Crippen LogP contribution in [-0.4, -0.2) is 65.2 Å². The molecule has 3 aromatic rings. The van der Waals surface area contributed by atoms with E-state index in [2.05, 4.69) is 31.2 Å². The number of hydrogen-bond donors (Lipinski definition) is 4. The van der Waals surface area contributed by atoms with Gasteiger partial charge in [-0.15, -0.1) is 0 Å². The van der Waals surface area contributed by atoms with Crippen molar-refractivity contribution in [2.75, 3.05) is 31.9 Å². The molecule has 0 bridgehead atoms. The van der Waals surface area contributed by atoms with E-state index in [4.69, 9.17) is 16.0 Å². The largest absolute Gasteiger partial charge is 0.463 e. The fourth-order valence-corrected chi connectivity index (χ4v) is 4.65. The minimum atomic E-state index is -1.03. The molecule has 1 aromatic carbocycles. The molecule has 4 rings (SSSR count). The van der Waals surface area contributed by atoms with Crippen LogP contribution in [0, 0.1) is 0 Å². The maximum atomic E-state index is 13.1. The average molecular weight is 543 g/mol. The van der Waals surface area contributed by atoms with Gasteiger partial charge >= 0.3 is 0 Å². The molecule has 1 aliphatic rings. The zero-order valence-corrected chi connectivity index (χ0v) is 21.5. The lowest BCUT2D eigenvalue weighted by Gasteiger charge is -2.37. The van der Waals surface area contributed by atoms with Gasteiger partial charge in [-0.3, -0.25) is 14.4 Å². The van der Waals surface area contributed by atoms with Crippen molar-refractivity contribution in [2.45, 2.75) is 23.5 Å². The van der Waals surface area contributed by atoms with Crippen LogP contribution in [0.15, 0.2) is 64.5 Å². The van der Waals surface area contributed by atoms with Crippen molar-refractivity contribution in [3.05, 3.63) is 65.5 Å². The highest BCUT2D eigenvalue weighted by Gasteiger charge is 2.40. The lowest BCUT2D eigenvalue weighted by molar-refractivity contribution is -0.133. The van der Waals surface area contributed by atoms with Crippen molar-refractivity contribution in [3.63, 3.8) is 0 Å². The van der Waals surface area contributed by atoms with Crippen LogP contribution in [0.5, 0.6) is 0 Å². The van der Waals surface area contributed by atoms with Gasteiger partial charge in [-0.25, -0.2) is 9.97 Å². The molecule has 0 spiro atoms. The molecule has 3 amide bonds. The Morgan fingerprint density at radius 3 is 2.54 bits per heavy atom. The first-order valence-electron chi connectivity index (χ1n) is 11.8. The smallest absolute Gasteiger partial charge is 0.251 e. The lowest BCUT2D eigenvalue weighted by Crippen LogP contribution is -2.63. The molecule has 10 nitrogen and oxygen atoms in total. The van der Waals surface area contributed by atoms with Crippen molar-refractivity contribution >= 4 is 41.1 Å². The highest BCUT2D eigenvalue weighted by Crippen LogP contribution is 2.22. The quantitative estimate of drug-likeness (QED) is 0.174. The monoisotopic (exact) mass is 542 g/mol. The third-order valence-electron chi connectivity index (χ3n) is 5.81. The van der Waals surface area contributed by atoms with Crippen molar-refractivity contribution in [2.24, 2.45) is 0 Å². The standard InChI is InChI=1S/C25H27ClN6O4S/c26-18-5-3-17(4-6-18)22(34)28-13-14-29-23(35)25(8-11-27-12-9-25)32-21(33)16-37-24-30-10-7-19(31-24)20-2-1-15-36-20/h1-7,10,15,27H,8-9,11-14,16H2,(H,28,34)(H,29,35)(H,32,33). The van der Waals surface area contributed by atoms with Gasteiger partial charge in [0.05, 0.1) is 12.0 Å². The predicted molar refractivity (Wildman–Crippen MR) is 140 cm³/mol. The second-order valence-electron chi connectivity index (χ2n) is 8.39. The molecule has 4 N–H and O–H groups in total. The summed E-state index contributed by atoms with van der Waals surface area (Å²) in [4.78, 5) is 46.8. The van der Waals surface area contributed by atoms with Gasteiger partial charge in [0.2, 0.25) is 11.8 Å². The summed E-state index contributed by atoms with van der Waals surface area (Å²) in [6, 6.07) is 11.8. The Balaban J connectivity index is 1.28. The van der Waals surface area contributed by atoms with E-state index in [1.807, 2.05) is 0 Å². The summed E-state index contributed by atoms with van der Waals surface area (Å²) in [6.45, 7) is 1.67. The molecule has 0 radical (unpaired) electrons. The predicted octanol–water partition coefficient (Wildman–Crippen LogP) is 2.27. The Bertz CT molecular complexity index is 1220. The number of hydrogen-bond acceptors (Lipinski definition) is 8. The van der Waals surface area contributed by atoms with Crippen molar-refractivity contribution < 1.29 is 18.8 Å². The van der Waals surface area contributed by atoms with Gasteiger partial charge in [0.25, 0.3) is 5.91 Å². The molecule has 3 heterocycles. The van der Waals surface area contributed by atoms with E-state index in [-0.39, 0.29) is 36.6 Å². The van der Waals surface area contributed by atoms with Crippen LogP contribution in [0.4, 0.5) is 0 Å². The number of benzene rings is 1. The molecular formula is C25H27ClN6O4S. The number of thioether (sulfide) groups is 1. The first-order valence-corrected chi connectivity index (χ1v) is 13.2. The van der Waals surface area contributed by atoms with Crippen LogP contribution >= 0.6 is 23.4 Å². The Morgan fingerprint density at radius 2 is 1.81 bits per heavy atom. The van der Waals surface area contributed by atoms with Crippen molar-refractivity contribution in [1.29, 1.82) is 0 Å². The van der Waals surface area contributed by atoms with Crippen LogP contribution in [0.3, 0.4) is 0 Å². The van der Waals surface area contributed by atoms with Crippen molar-refractivity contribution in [3.8, 4) is 11.5 Å². The topological polar surface area (TPSA) is 138 Å². The van der Waals surface area contributed by atoms with Gasteiger partial charge in [0.15, 0.2) is 10.9 Å². The van der Waals surface area contributed by atoms with E-state index in [1.54, 1.807) is 54.9 Å². The lowest BCUT2D eigenvalue weighted by atomic mass is 9.87. The molecule has 37 heavy (non-hydrogen) atoms. The number of carbonyl (C=O) groups excluding carboxylic acids is 3. The third-order valence-corrected chi connectivity index (χ3v) is 6.93. The summed E-state index contributed by atoms with van der Waals surface area (Å²) in [7, 11) is 0. The van der Waals surface area contributed by atoms with Gasteiger partial charge in [0.1, 0.15) is 11.2 Å². The molecule has 1 aliphatic heterocycles. The normalized spacial score (nSPS) is 14.5. The molecule has 0 atom stereocenters. The van der Waals surface area contributed by atoms with Gasteiger partial charge < -0.3 is 25.7 Å². The van der Waals surface area contributed by atoms with E-state index in [0.29, 0.717) is 53.1 Å². The molecule has 1 saturated heterocycles. The van der Waals surface area contributed by atoms with Gasteiger partial charge in [-0.05, 0) is 68.4 Å². The molecular weight excluding hydrogens is 516 g/mol. The molecule has 12 heteroatoms. The van der Waals surface area contributed by atoms with Gasteiger partial charge in [0, 0.05) is 29.9 Å². The van der Waals surface area contributed by atoms with Crippen LogP contribution in [0.2, 0.25) is 5.02 Å². The third kappa shape index (κ3) is 7.31. The molecule has 0 aliphatic carbocycles. The summed E-state index contributed by atoms with van der Waals surface area (Å²) in [5.74, 6) is -0.148. The van der Waals surface area contributed by atoms with Gasteiger partial charge in [-0.1, -0.05) is 23.4 Å². The van der Waals surface area contributed by atoms with E-state index >= 15 is 0 Å². The number of amides is 3. The summed E-state index contributed by atoms with van der Waals surface area (Å²) < 4.78 is 5.36. The van der Waals surface area contributed by atoms with E-state index in [0.717, 1.165) is 0 Å². The number of halogens is 1. The van der Waals surface area contributed by atoms with E-state index in [9.17, 15) is 14.4 Å². The maximum Gasteiger partial charge on any atom is 0.251 e. The minimum absolute atomic E-state index is 0.0568. The maximum absolute atomic E-state index is 13.1. The second-order valence-corrected chi connectivity index (χ2v) is 9.77. The number of nitrogens with one attached hydrogen (secondary N) is 4. The van der Waals surface area contributed by atoms with Crippen LogP contribution in [0.25, 0.3) is 11.5 Å². The molecule has 0 unspecified atom stereocenters. The highest BCUT2D eigenvalue weighted by molar-refractivity contribution is 7.99. The number of aromatic nitrogens is 2. The van der Waals surface area contributed by atoms with Crippen LogP contribution in [-0.2, 0) is 9.59 Å². The molecule has 2 aromatic heterocycles. The highest BCUT2D eigenvalue weighted by atomic mass is 35.5. The first-order chi connectivity index (χ1) is 17.9. The Kier molecular flexibility index (Phi) is 9.15. The Labute approximate surface area is 223 Å². The Hall–Kier alpha value is -3.41. The van der Waals surface area contributed by atoms with E-state index in [1.165, 1.54) is 11.8 Å². The Morgan fingerprint density at radius 1 is 1.05 bits per heavy atom. The minimum Gasteiger partial charge on any atom is -0.463 e. The zero-order valence-electron chi connectivity index (χ0n) is 20.0. The summed E-state index contributed by atoms with van der Waals surface area (Å²) >= 11 is 7.04. The molecule has 194 valence electrons. The molecule has 0 saturated carbocycles. The van der Waals surface area contributed by atoms with Crippen LogP contribution in [0.1, 0.15) is 23.2 Å². The fraction of sp³-hybridized carbons (Fsp3) is 0.320. The second kappa shape index (κ2) is 12.7. The number of piperidine rings is 1. The average Bonchev–Trinajstić information content (AvgIpc) is 3.46. The van der Waals surface area contributed by atoms with Crippen molar-refractivity contribution in [1.82, 2.24) is 31.2 Å². The summed E-state index contributed by atoms with van der Waals surface area (Å²) in [5, 5.41) is 12.8.